The molecule has 1 heterocycles. The first kappa shape index (κ1) is 12.0. The molecule has 1 aliphatic heterocycles. The van der Waals surface area contributed by atoms with Crippen molar-refractivity contribution < 1.29 is 19.1 Å². The van der Waals surface area contributed by atoms with Crippen LogP contribution in [0.25, 0.3) is 0 Å². The van der Waals surface area contributed by atoms with E-state index in [-0.39, 0.29) is 24.7 Å². The van der Waals surface area contributed by atoms with Crippen LogP contribution < -0.4 is 0 Å². The Bertz CT molecular complexity index is 304. The number of esters is 1. The van der Waals surface area contributed by atoms with Crippen LogP contribution in [-0.2, 0) is 19.1 Å². The van der Waals surface area contributed by atoms with Gasteiger partial charge >= 0.3 is 5.97 Å². The highest BCUT2D eigenvalue weighted by molar-refractivity contribution is 6.25. The van der Waals surface area contributed by atoms with E-state index in [0.717, 1.165) is 0 Å². The highest BCUT2D eigenvalue weighted by Gasteiger charge is 2.37. The third kappa shape index (κ3) is 2.47. The lowest BCUT2D eigenvalue weighted by Crippen LogP contribution is -2.52. The molecule has 84 valence electrons. The molecule has 0 N–H and O–H groups in total. The number of hydrogen-bond donors (Lipinski definition) is 0. The van der Waals surface area contributed by atoms with Gasteiger partial charge in [-0.05, 0) is 6.92 Å². The lowest BCUT2D eigenvalue weighted by Gasteiger charge is -2.35. The van der Waals surface area contributed by atoms with Crippen LogP contribution in [-0.4, -0.2) is 41.7 Å². The van der Waals surface area contributed by atoms with Gasteiger partial charge in [-0.3, -0.25) is 14.4 Å². The predicted octanol–water partition coefficient (Wildman–Crippen LogP) is 0.162. The number of β-lactam (4-membered cyclic amide) rings is 1. The van der Waals surface area contributed by atoms with Crippen LogP contribution in [0.4, 0.5) is 0 Å². The van der Waals surface area contributed by atoms with Crippen LogP contribution in [0.3, 0.4) is 0 Å². The van der Waals surface area contributed by atoms with Crippen molar-refractivity contribution in [2.24, 2.45) is 5.92 Å². The Labute approximate surface area is 92.3 Å². The molecule has 1 rings (SSSR count). The summed E-state index contributed by atoms with van der Waals surface area (Å²) in [4.78, 5) is 34.8. The van der Waals surface area contributed by atoms with Crippen LogP contribution in [0.15, 0.2) is 0 Å². The highest BCUT2D eigenvalue weighted by atomic mass is 35.5. The number of rotatable bonds is 4. The van der Waals surface area contributed by atoms with Gasteiger partial charge in [0.05, 0.1) is 20.1 Å². The van der Waals surface area contributed by atoms with E-state index in [9.17, 15) is 14.4 Å². The molecule has 0 bridgehead atoms. The van der Waals surface area contributed by atoms with Crippen LogP contribution in [0.5, 0.6) is 0 Å². The summed E-state index contributed by atoms with van der Waals surface area (Å²) in [5.74, 6) is -1.98. The molecule has 2 unspecified atom stereocenters. The van der Waals surface area contributed by atoms with Gasteiger partial charge in [0.25, 0.3) is 0 Å². The Hall–Kier alpha value is -1.10. The van der Waals surface area contributed by atoms with E-state index < -0.39 is 17.4 Å². The number of ether oxygens (including phenoxy) is 1. The molecular formula is C9H12ClNO4. The fourth-order valence-corrected chi connectivity index (χ4v) is 1.53. The topological polar surface area (TPSA) is 63.7 Å². The van der Waals surface area contributed by atoms with Gasteiger partial charge in [-0.1, -0.05) is 11.6 Å². The molecule has 0 radical (unpaired) electrons. The van der Waals surface area contributed by atoms with Gasteiger partial charge in [0.15, 0.2) is 5.78 Å². The quantitative estimate of drug-likeness (QED) is 0.228. The fourth-order valence-electron chi connectivity index (χ4n) is 1.22. The second kappa shape index (κ2) is 4.61. The zero-order valence-corrected chi connectivity index (χ0v) is 9.28. The molecule has 0 saturated carbocycles. The van der Waals surface area contributed by atoms with Crippen LogP contribution in [0, 0.1) is 5.92 Å². The van der Waals surface area contributed by atoms with E-state index in [1.165, 1.54) is 18.9 Å². The molecule has 0 aromatic rings. The molecule has 1 saturated heterocycles. The van der Waals surface area contributed by atoms with Gasteiger partial charge in [0, 0.05) is 0 Å². The predicted molar refractivity (Wildman–Crippen MR) is 52.2 cm³/mol. The van der Waals surface area contributed by atoms with Crippen molar-refractivity contribution in [2.45, 2.75) is 18.8 Å². The minimum Gasteiger partial charge on any atom is -0.468 e. The fraction of sp³-hybridized carbons (Fsp3) is 0.667. The van der Waals surface area contributed by atoms with Gasteiger partial charge in [-0.25, -0.2) is 0 Å². The monoisotopic (exact) mass is 233 g/mol. The maximum absolute atomic E-state index is 11.5. The second-order valence-corrected chi connectivity index (χ2v) is 3.88. The molecule has 0 aliphatic carbocycles. The van der Waals surface area contributed by atoms with Crippen molar-refractivity contribution in [1.29, 1.82) is 0 Å². The zero-order valence-electron chi connectivity index (χ0n) is 8.53. The number of methoxy groups -OCH3 is 1. The SMILES string of the molecule is COC(=O)C(C)C(=O)CN1C(=O)CC1Cl. The number of carbonyl (C=O) groups is 3. The van der Waals surface area contributed by atoms with E-state index in [1.54, 1.807) is 0 Å². The Morgan fingerprint density at radius 1 is 1.67 bits per heavy atom. The molecule has 0 spiro atoms. The molecular weight excluding hydrogens is 222 g/mol. The van der Waals surface area contributed by atoms with Crippen molar-refractivity contribution in [1.82, 2.24) is 4.90 Å². The molecule has 1 aliphatic rings. The minimum absolute atomic E-state index is 0.122. The molecule has 0 aromatic heterocycles. The number of nitrogens with zero attached hydrogens (tertiary/aromatic N) is 1. The molecule has 6 heteroatoms. The smallest absolute Gasteiger partial charge is 0.315 e. The summed E-state index contributed by atoms with van der Waals surface area (Å²) in [5, 5.41) is 0. The largest absolute Gasteiger partial charge is 0.468 e. The summed E-state index contributed by atoms with van der Waals surface area (Å²) < 4.78 is 4.42. The maximum atomic E-state index is 11.5. The van der Waals surface area contributed by atoms with Crippen molar-refractivity contribution in [2.75, 3.05) is 13.7 Å². The Morgan fingerprint density at radius 3 is 2.67 bits per heavy atom. The van der Waals surface area contributed by atoms with Crippen molar-refractivity contribution in [3.63, 3.8) is 0 Å². The van der Waals surface area contributed by atoms with Gasteiger partial charge in [0.2, 0.25) is 5.91 Å². The van der Waals surface area contributed by atoms with Gasteiger partial charge in [0.1, 0.15) is 11.4 Å². The summed E-state index contributed by atoms with van der Waals surface area (Å²) in [6.07, 6.45) is 0.251. The van der Waals surface area contributed by atoms with E-state index in [1.807, 2.05) is 0 Å². The van der Waals surface area contributed by atoms with E-state index in [4.69, 9.17) is 11.6 Å². The molecule has 1 amide bonds. The summed E-state index contributed by atoms with van der Waals surface area (Å²) >= 11 is 5.71. The van der Waals surface area contributed by atoms with Gasteiger partial charge in [-0.15, -0.1) is 0 Å². The summed E-state index contributed by atoms with van der Waals surface area (Å²) in [6, 6.07) is 0. The van der Waals surface area contributed by atoms with E-state index >= 15 is 0 Å². The Balaban J connectivity index is 2.48. The number of likely N-dealkylation sites (tertiary alicyclic amines) is 1. The van der Waals surface area contributed by atoms with Crippen LogP contribution in [0.2, 0.25) is 0 Å². The summed E-state index contributed by atoms with van der Waals surface area (Å²) in [7, 11) is 1.21. The number of Topliss-reactive ketones (excluding diaryl/α,β-unsaturated/α-hetero) is 1. The zero-order chi connectivity index (χ0) is 11.6. The Morgan fingerprint density at radius 2 is 2.27 bits per heavy atom. The average Bonchev–Trinajstić information content (AvgIpc) is 2.23. The van der Waals surface area contributed by atoms with Crippen LogP contribution >= 0.6 is 11.6 Å². The summed E-state index contributed by atoms with van der Waals surface area (Å²) in [6.45, 7) is 1.32. The Kier molecular flexibility index (Phi) is 3.68. The van der Waals surface area contributed by atoms with Gasteiger partial charge < -0.3 is 9.64 Å². The van der Waals surface area contributed by atoms with Crippen molar-refractivity contribution in [3.8, 4) is 0 Å². The van der Waals surface area contributed by atoms with Crippen molar-refractivity contribution in [3.05, 3.63) is 0 Å². The normalized spacial score (nSPS) is 21.9. The maximum Gasteiger partial charge on any atom is 0.315 e. The van der Waals surface area contributed by atoms with E-state index in [2.05, 4.69) is 4.74 Å². The van der Waals surface area contributed by atoms with Gasteiger partial charge in [-0.2, -0.15) is 0 Å². The molecule has 1 fully saturated rings. The lowest BCUT2D eigenvalue weighted by molar-refractivity contribution is -0.152. The first-order chi connectivity index (χ1) is 6.97. The minimum atomic E-state index is -0.854. The number of alkyl halides is 1. The third-order valence-electron chi connectivity index (χ3n) is 2.37. The first-order valence-electron chi connectivity index (χ1n) is 4.51. The lowest BCUT2D eigenvalue weighted by atomic mass is 10.0. The number of halogens is 1. The molecule has 5 nitrogen and oxygen atoms in total. The average molecular weight is 234 g/mol. The number of amides is 1. The number of carbonyl (C=O) groups excluding carboxylic acids is 3. The molecule has 15 heavy (non-hydrogen) atoms. The number of ketones is 1. The molecule has 2 atom stereocenters. The van der Waals surface area contributed by atoms with Crippen molar-refractivity contribution >= 4 is 29.3 Å². The molecule has 0 aromatic carbocycles. The highest BCUT2D eigenvalue weighted by Crippen LogP contribution is 2.22. The third-order valence-corrected chi connectivity index (χ3v) is 2.76. The standard InChI is InChI=1S/C9H12ClNO4/c1-5(9(14)15-2)6(12)4-11-7(10)3-8(11)13/h5,7H,3-4H2,1-2H3. The van der Waals surface area contributed by atoms with E-state index in [0.29, 0.717) is 0 Å². The summed E-state index contributed by atoms with van der Waals surface area (Å²) in [5.41, 5.74) is -0.425. The number of hydrogen-bond acceptors (Lipinski definition) is 4. The second-order valence-electron chi connectivity index (χ2n) is 3.37. The first-order valence-corrected chi connectivity index (χ1v) is 4.95. The van der Waals surface area contributed by atoms with Crippen LogP contribution in [0.1, 0.15) is 13.3 Å².